The first kappa shape index (κ1) is 10.1. The molecule has 84 valence electrons. The summed E-state index contributed by atoms with van der Waals surface area (Å²) in [5.74, 6) is 0.680. The fourth-order valence-corrected chi connectivity index (χ4v) is 1.83. The highest BCUT2D eigenvalue weighted by Gasteiger charge is 1.99. The van der Waals surface area contributed by atoms with Gasteiger partial charge in [-0.3, -0.25) is 0 Å². The average molecular weight is 245 g/mol. The van der Waals surface area contributed by atoms with Crippen LogP contribution < -0.4 is 5.32 Å². The fourth-order valence-electron chi connectivity index (χ4n) is 1.68. The molecule has 0 aliphatic rings. The van der Waals surface area contributed by atoms with Gasteiger partial charge in [-0.2, -0.15) is 0 Å². The normalized spacial score (nSPS) is 10.6. The van der Waals surface area contributed by atoms with E-state index in [0.717, 1.165) is 16.6 Å². The van der Waals surface area contributed by atoms with Crippen LogP contribution in [-0.2, 0) is 0 Å². The molecular weight excluding hydrogens is 236 g/mol. The smallest absolute Gasteiger partial charge is 0.135 e. The van der Waals surface area contributed by atoms with Gasteiger partial charge in [-0.25, -0.2) is 9.97 Å². The minimum atomic E-state index is 0.422. The number of H-pyrrole nitrogens is 1. The van der Waals surface area contributed by atoms with Gasteiger partial charge in [-0.1, -0.05) is 11.6 Å². The molecule has 2 aromatic heterocycles. The van der Waals surface area contributed by atoms with E-state index in [9.17, 15) is 0 Å². The van der Waals surface area contributed by atoms with Gasteiger partial charge in [0, 0.05) is 28.9 Å². The summed E-state index contributed by atoms with van der Waals surface area (Å²) in [5.41, 5.74) is 2.07. The highest BCUT2D eigenvalue weighted by molar-refractivity contribution is 6.29. The molecule has 0 atom stereocenters. The minimum absolute atomic E-state index is 0.422. The molecule has 2 heterocycles. The molecule has 0 unspecified atom stereocenters. The van der Waals surface area contributed by atoms with Gasteiger partial charge in [0.25, 0.3) is 0 Å². The number of halogens is 1. The highest BCUT2D eigenvalue weighted by atomic mass is 35.5. The Hall–Kier alpha value is -2.07. The second-order valence-electron chi connectivity index (χ2n) is 3.63. The molecule has 0 saturated carbocycles. The molecule has 5 heteroatoms. The van der Waals surface area contributed by atoms with E-state index in [1.54, 1.807) is 6.07 Å². The standard InChI is InChI=1S/C12H9ClN4/c13-11-6-12(16-7-15-11)17-9-1-2-10-8(5-9)3-4-14-10/h1-7,14H,(H,15,16,17). The first-order valence-electron chi connectivity index (χ1n) is 5.13. The highest BCUT2D eigenvalue weighted by Crippen LogP contribution is 2.21. The summed E-state index contributed by atoms with van der Waals surface area (Å²) in [6, 6.07) is 9.74. The average Bonchev–Trinajstić information content (AvgIpc) is 2.76. The number of rotatable bonds is 2. The molecule has 1 aromatic carbocycles. The van der Waals surface area contributed by atoms with E-state index < -0.39 is 0 Å². The van der Waals surface area contributed by atoms with Crippen LogP contribution in [0.5, 0.6) is 0 Å². The van der Waals surface area contributed by atoms with Crippen molar-refractivity contribution in [2.45, 2.75) is 0 Å². The monoisotopic (exact) mass is 244 g/mol. The lowest BCUT2D eigenvalue weighted by molar-refractivity contribution is 1.17. The number of aromatic nitrogens is 3. The lowest BCUT2D eigenvalue weighted by Gasteiger charge is -2.05. The lowest BCUT2D eigenvalue weighted by atomic mass is 10.2. The molecule has 0 fully saturated rings. The molecule has 0 amide bonds. The maximum Gasteiger partial charge on any atom is 0.135 e. The second kappa shape index (κ2) is 4.07. The van der Waals surface area contributed by atoms with Crippen molar-refractivity contribution in [3.8, 4) is 0 Å². The molecule has 0 radical (unpaired) electrons. The van der Waals surface area contributed by atoms with E-state index in [2.05, 4.69) is 20.3 Å². The zero-order valence-corrected chi connectivity index (χ0v) is 9.57. The molecule has 3 aromatic rings. The largest absolute Gasteiger partial charge is 0.361 e. The summed E-state index contributed by atoms with van der Waals surface area (Å²) in [4.78, 5) is 11.1. The van der Waals surface area contributed by atoms with Crippen LogP contribution in [0, 0.1) is 0 Å². The van der Waals surface area contributed by atoms with Gasteiger partial charge >= 0.3 is 0 Å². The first-order chi connectivity index (χ1) is 8.31. The van der Waals surface area contributed by atoms with Crippen LogP contribution >= 0.6 is 11.6 Å². The Labute approximate surface area is 103 Å². The van der Waals surface area contributed by atoms with Crippen molar-refractivity contribution in [3.63, 3.8) is 0 Å². The third-order valence-corrected chi connectivity index (χ3v) is 2.67. The van der Waals surface area contributed by atoms with Crippen LogP contribution in [0.25, 0.3) is 10.9 Å². The molecule has 17 heavy (non-hydrogen) atoms. The zero-order chi connectivity index (χ0) is 11.7. The Kier molecular flexibility index (Phi) is 2.42. The topological polar surface area (TPSA) is 53.6 Å². The number of anilines is 2. The zero-order valence-electron chi connectivity index (χ0n) is 8.81. The third kappa shape index (κ3) is 2.07. The van der Waals surface area contributed by atoms with Gasteiger partial charge in [0.2, 0.25) is 0 Å². The number of nitrogens with one attached hydrogen (secondary N) is 2. The molecule has 0 saturated heterocycles. The molecule has 3 rings (SSSR count). The van der Waals surface area contributed by atoms with Gasteiger partial charge in [-0.05, 0) is 24.3 Å². The van der Waals surface area contributed by atoms with Crippen LogP contribution in [0.3, 0.4) is 0 Å². The van der Waals surface area contributed by atoms with Crippen molar-refractivity contribution in [1.29, 1.82) is 0 Å². The summed E-state index contributed by atoms with van der Waals surface area (Å²) in [6.07, 6.45) is 3.34. The van der Waals surface area contributed by atoms with Gasteiger partial charge in [0.05, 0.1) is 0 Å². The van der Waals surface area contributed by atoms with Gasteiger partial charge in [0.15, 0.2) is 0 Å². The summed E-state index contributed by atoms with van der Waals surface area (Å²) in [5, 5.41) is 4.75. The predicted octanol–water partition coefficient (Wildman–Crippen LogP) is 3.35. The molecule has 0 aliphatic heterocycles. The van der Waals surface area contributed by atoms with Gasteiger partial charge in [-0.15, -0.1) is 0 Å². The Balaban J connectivity index is 1.94. The maximum absolute atomic E-state index is 5.79. The quantitative estimate of drug-likeness (QED) is 0.680. The van der Waals surface area contributed by atoms with Crippen LogP contribution in [0.2, 0.25) is 5.15 Å². The number of hydrogen-bond acceptors (Lipinski definition) is 3. The number of aromatic amines is 1. The Morgan fingerprint density at radius 2 is 2.06 bits per heavy atom. The molecule has 0 bridgehead atoms. The van der Waals surface area contributed by atoms with Crippen molar-refractivity contribution in [1.82, 2.24) is 15.0 Å². The number of hydrogen-bond donors (Lipinski definition) is 2. The van der Waals surface area contributed by atoms with Crippen LogP contribution in [-0.4, -0.2) is 15.0 Å². The molecule has 4 nitrogen and oxygen atoms in total. The Morgan fingerprint density at radius 1 is 1.12 bits per heavy atom. The van der Waals surface area contributed by atoms with Crippen molar-refractivity contribution < 1.29 is 0 Å². The molecular formula is C12H9ClN4. The molecule has 2 N–H and O–H groups in total. The molecule has 0 aliphatic carbocycles. The van der Waals surface area contributed by atoms with Gasteiger partial charge in [0.1, 0.15) is 17.3 Å². The van der Waals surface area contributed by atoms with Crippen molar-refractivity contribution in [2.75, 3.05) is 5.32 Å². The van der Waals surface area contributed by atoms with Crippen molar-refractivity contribution >= 4 is 34.0 Å². The number of fused-ring (bicyclic) bond motifs is 1. The SMILES string of the molecule is Clc1cc(Nc2ccc3[nH]ccc3c2)ncn1. The maximum atomic E-state index is 5.79. The second-order valence-corrected chi connectivity index (χ2v) is 4.02. The van der Waals surface area contributed by atoms with Gasteiger partial charge < -0.3 is 10.3 Å². The van der Waals surface area contributed by atoms with Crippen molar-refractivity contribution in [2.24, 2.45) is 0 Å². The van der Waals surface area contributed by atoms with E-state index in [-0.39, 0.29) is 0 Å². The van der Waals surface area contributed by atoms with E-state index in [1.165, 1.54) is 6.33 Å². The van der Waals surface area contributed by atoms with Crippen molar-refractivity contribution in [3.05, 3.63) is 48.0 Å². The van der Waals surface area contributed by atoms with Crippen LogP contribution in [0.4, 0.5) is 11.5 Å². The summed E-state index contributed by atoms with van der Waals surface area (Å²) >= 11 is 5.79. The van der Waals surface area contributed by atoms with Crippen LogP contribution in [0.15, 0.2) is 42.9 Å². The van der Waals surface area contributed by atoms with E-state index in [0.29, 0.717) is 11.0 Å². The number of benzene rings is 1. The number of nitrogens with zero attached hydrogens (tertiary/aromatic N) is 2. The Morgan fingerprint density at radius 3 is 2.94 bits per heavy atom. The fraction of sp³-hybridized carbons (Fsp3) is 0. The van der Waals surface area contributed by atoms with Crippen LogP contribution in [0.1, 0.15) is 0 Å². The summed E-state index contributed by atoms with van der Waals surface area (Å²) in [7, 11) is 0. The molecule has 0 spiro atoms. The third-order valence-electron chi connectivity index (χ3n) is 2.46. The minimum Gasteiger partial charge on any atom is -0.361 e. The lowest BCUT2D eigenvalue weighted by Crippen LogP contribution is -1.93. The summed E-state index contributed by atoms with van der Waals surface area (Å²) < 4.78 is 0. The van der Waals surface area contributed by atoms with E-state index >= 15 is 0 Å². The van der Waals surface area contributed by atoms with E-state index in [4.69, 9.17) is 11.6 Å². The predicted molar refractivity (Wildman–Crippen MR) is 68.6 cm³/mol. The first-order valence-corrected chi connectivity index (χ1v) is 5.51. The van der Waals surface area contributed by atoms with E-state index in [1.807, 2.05) is 30.5 Å². The summed E-state index contributed by atoms with van der Waals surface area (Å²) in [6.45, 7) is 0. The Bertz CT molecular complexity index is 662.